The maximum atomic E-state index is 13.5. The molecule has 80 heavy (non-hydrogen) atoms. The number of carbonyl (C=O) groups excluding carboxylic acids is 6. The molecule has 6 rings (SSSR count). The Kier molecular flexibility index (Phi) is 25.2. The van der Waals surface area contributed by atoms with Crippen LogP contribution in [0.3, 0.4) is 0 Å². The molecule has 0 bridgehead atoms. The molecule has 25 heteroatoms. The van der Waals surface area contributed by atoms with E-state index in [1.807, 2.05) is 71.6 Å². The second-order valence-electron chi connectivity index (χ2n) is 20.5. The van der Waals surface area contributed by atoms with E-state index in [4.69, 9.17) is 18.8 Å². The highest BCUT2D eigenvalue weighted by Crippen LogP contribution is 2.33. The second-order valence-corrected chi connectivity index (χ2v) is 23.3. The number of amides is 5. The number of nitrogens with zero attached hydrogens (tertiary/aromatic N) is 4. The maximum absolute atomic E-state index is 13.5. The number of hydrogen-bond donors (Lipinski definition) is 9. The van der Waals surface area contributed by atoms with Gasteiger partial charge in [0.25, 0.3) is 10.1 Å². The number of rotatable bonds is 37. The molecule has 1 unspecified atom stereocenters. The third-order valence-corrected chi connectivity index (χ3v) is 16.6. The van der Waals surface area contributed by atoms with E-state index < -0.39 is 22.1 Å². The number of nitrogens with one attached hydrogen (secondary N) is 6. The number of hydrogen-bond acceptors (Lipinski definition) is 16. The topological polar surface area (TPSA) is 316 Å². The average molecular weight is 1150 g/mol. The molecule has 4 atom stereocenters. The minimum Gasteiger partial charge on any atom is -0.492 e. The fraction of sp³-hybridized carbons (Fsp3) is 0.600. The van der Waals surface area contributed by atoms with Crippen LogP contribution >= 0.6 is 11.8 Å². The number of unbranched alkanes of at least 4 members (excludes halogenated alkanes) is 6. The first-order valence-corrected chi connectivity index (χ1v) is 30.8. The number of fused-ring (bicyclic) bond motifs is 3. The fourth-order valence-corrected chi connectivity index (χ4v) is 11.8. The van der Waals surface area contributed by atoms with Crippen molar-refractivity contribution in [3.8, 4) is 23.2 Å². The Labute approximate surface area is 471 Å². The van der Waals surface area contributed by atoms with E-state index in [1.165, 1.54) is 12.1 Å². The molecule has 440 valence electrons. The van der Waals surface area contributed by atoms with E-state index in [9.17, 15) is 47.4 Å². The minimum absolute atomic E-state index is 0.00576. The standard InChI is InChI=1S/C55H80N10O13S2/c1-3-64(32-14-34-80(74,75)76)39-21-23-42-46(36-39)77-45-35-38(20-22-41(45)59-42)63(2)33-27-49(68)58-30-13-10-15-40(44(66)26-31-56-28-11-5-7-19-53(72)78-65-51(70)24-25-52(65)71)60-50(69)18-6-4-12-29-57-48(67)17-9-8-16-47-54-43(37-79-47)61-55(73)62-54/h20-25,35-36,40,43,47,54,56,59H,3-19,26-34,37H2,1-2H3,(H6,57,58,60,61,62,67,68,69,73,74,75,76)/p+1/t40-,43-,47?,54-/m0/s1. The van der Waals surface area contributed by atoms with Crippen molar-refractivity contribution >= 4 is 74.2 Å². The molecular formula is C55H81N10O13S2+. The zero-order valence-corrected chi connectivity index (χ0v) is 47.7. The van der Waals surface area contributed by atoms with Crippen molar-refractivity contribution in [1.29, 1.82) is 0 Å². The molecule has 9 N–H and O–H groups in total. The van der Waals surface area contributed by atoms with Gasteiger partial charge in [0.05, 0.1) is 36.4 Å². The SMILES string of the molecule is CCN(CCCS(=O)(=O)O)c1ccc2nc3ccc(=[N+](C)CCC(=O)NCCCC[C@H](NC(=O)CCCCCNC(=O)CCCCC4SC[C@@H]5NC(=O)N[C@H]45)C(=O)CCNCCCCCC(=O)On4c(O)ccc4O)cc-3oc2c1. The van der Waals surface area contributed by atoms with Crippen LogP contribution in [-0.2, 0) is 34.1 Å². The molecule has 3 aliphatic heterocycles. The number of benzene rings is 2. The van der Waals surface area contributed by atoms with Gasteiger partial charge < -0.3 is 56.3 Å². The molecule has 2 fully saturated rings. The van der Waals surface area contributed by atoms with Crippen LogP contribution in [0.4, 0.5) is 10.5 Å². The molecule has 5 amide bonds. The Hall–Kier alpha value is -6.44. The third-order valence-electron chi connectivity index (χ3n) is 14.3. The Morgan fingerprint density at radius 3 is 2.27 bits per heavy atom. The molecule has 1 aromatic heterocycles. The van der Waals surface area contributed by atoms with Gasteiger partial charge in [-0.15, -0.1) is 4.73 Å². The van der Waals surface area contributed by atoms with Gasteiger partial charge in [-0.05, 0) is 95.9 Å². The van der Waals surface area contributed by atoms with Gasteiger partial charge in [-0.3, -0.25) is 23.7 Å². The lowest BCUT2D eigenvalue weighted by Gasteiger charge is -2.23. The van der Waals surface area contributed by atoms with E-state index in [-0.39, 0.29) is 91.2 Å². The highest BCUT2D eigenvalue weighted by atomic mass is 32.2. The molecule has 0 radical (unpaired) electrons. The predicted octanol–water partition coefficient (Wildman–Crippen LogP) is 3.98. The summed E-state index contributed by atoms with van der Waals surface area (Å²) in [5.74, 6) is -0.664. The fourth-order valence-electron chi connectivity index (χ4n) is 9.74. The summed E-state index contributed by atoms with van der Waals surface area (Å²) < 4.78 is 40.5. The van der Waals surface area contributed by atoms with Crippen LogP contribution in [0.5, 0.6) is 11.8 Å². The van der Waals surface area contributed by atoms with Crippen molar-refractivity contribution in [3.63, 3.8) is 0 Å². The number of thioether (sulfide) groups is 1. The lowest BCUT2D eigenvalue weighted by Crippen LogP contribution is -2.41. The summed E-state index contributed by atoms with van der Waals surface area (Å²) in [5, 5.41) is 38.7. The Morgan fingerprint density at radius 2 is 1.52 bits per heavy atom. The van der Waals surface area contributed by atoms with Crippen LogP contribution in [0, 0.1) is 0 Å². The number of anilines is 1. The van der Waals surface area contributed by atoms with Crippen LogP contribution in [0.25, 0.3) is 22.6 Å². The summed E-state index contributed by atoms with van der Waals surface area (Å²) in [4.78, 5) is 87.6. The molecule has 0 saturated carbocycles. The molecule has 0 spiro atoms. The van der Waals surface area contributed by atoms with Crippen LogP contribution in [-0.4, -0.2) is 156 Å². The van der Waals surface area contributed by atoms with E-state index in [0.29, 0.717) is 123 Å². The number of aromatic nitrogens is 2. The summed E-state index contributed by atoms with van der Waals surface area (Å²) in [6.45, 7) is 5.36. The molecule has 2 aromatic rings. The lowest BCUT2D eigenvalue weighted by atomic mass is 10.0. The molecular weight excluding hydrogens is 1070 g/mol. The van der Waals surface area contributed by atoms with E-state index >= 15 is 0 Å². The quantitative estimate of drug-likeness (QED) is 0.0101. The van der Waals surface area contributed by atoms with Crippen molar-refractivity contribution < 1.29 is 61.2 Å². The van der Waals surface area contributed by atoms with E-state index in [1.54, 1.807) is 0 Å². The van der Waals surface area contributed by atoms with Gasteiger partial charge >= 0.3 is 12.0 Å². The van der Waals surface area contributed by atoms with E-state index in [2.05, 4.69) is 31.9 Å². The third kappa shape index (κ3) is 20.9. The summed E-state index contributed by atoms with van der Waals surface area (Å²) >= 11 is 1.87. The van der Waals surface area contributed by atoms with Crippen LogP contribution < -0.4 is 51.6 Å². The predicted molar refractivity (Wildman–Crippen MR) is 305 cm³/mol. The Bertz CT molecular complexity index is 2840. The molecule has 4 heterocycles. The highest BCUT2D eigenvalue weighted by Gasteiger charge is 2.42. The number of ketones is 1. The zero-order chi connectivity index (χ0) is 57.4. The first-order valence-electron chi connectivity index (χ1n) is 28.1. The summed E-state index contributed by atoms with van der Waals surface area (Å²) in [6, 6.07) is 13.2. The number of carbonyl (C=O) groups is 6. The highest BCUT2D eigenvalue weighted by molar-refractivity contribution is 8.00. The average Bonchev–Trinajstić information content (AvgIpc) is 4.18. The van der Waals surface area contributed by atoms with Crippen LogP contribution in [0.2, 0.25) is 0 Å². The molecule has 2 saturated heterocycles. The zero-order valence-electron chi connectivity index (χ0n) is 46.0. The van der Waals surface area contributed by atoms with E-state index in [0.717, 1.165) is 55.3 Å². The molecule has 23 nitrogen and oxygen atoms in total. The summed E-state index contributed by atoms with van der Waals surface area (Å²) in [7, 11) is -2.17. The van der Waals surface area contributed by atoms with Gasteiger partial charge in [-0.1, -0.05) is 19.3 Å². The van der Waals surface area contributed by atoms with Crippen molar-refractivity contribution in [1.82, 2.24) is 46.2 Å². The van der Waals surface area contributed by atoms with Gasteiger partial charge in [0.15, 0.2) is 23.7 Å². The van der Waals surface area contributed by atoms with Crippen LogP contribution in [0.15, 0.2) is 52.9 Å². The second kappa shape index (κ2) is 32.1. The van der Waals surface area contributed by atoms with Gasteiger partial charge in [-0.25, -0.2) is 19.1 Å². The lowest BCUT2D eigenvalue weighted by molar-refractivity contribution is -0.145. The number of Topliss-reactive ketones (excluding diaryl/α,β-unsaturated/α-hetero) is 1. The first-order chi connectivity index (χ1) is 38.5. The van der Waals surface area contributed by atoms with Gasteiger partial charge in [0, 0.05) is 99.4 Å². The largest absolute Gasteiger partial charge is 0.492 e. The minimum atomic E-state index is -4.05. The maximum Gasteiger partial charge on any atom is 0.333 e. The van der Waals surface area contributed by atoms with Crippen molar-refractivity contribution in [3.05, 3.63) is 53.9 Å². The summed E-state index contributed by atoms with van der Waals surface area (Å²) in [6.07, 6.45) is 9.74. The molecule has 4 aliphatic rings. The number of aromatic hydroxyl groups is 2. The Morgan fingerprint density at radius 1 is 0.825 bits per heavy atom. The monoisotopic (exact) mass is 1150 g/mol. The normalized spacial score (nSPS) is 16.6. The smallest absolute Gasteiger partial charge is 0.333 e. The molecule has 1 aromatic carbocycles. The first kappa shape index (κ1) is 62.8. The molecule has 1 aliphatic carbocycles. The van der Waals surface area contributed by atoms with Gasteiger partial charge in [-0.2, -0.15) is 20.2 Å². The van der Waals surface area contributed by atoms with Gasteiger partial charge in [0.1, 0.15) is 18.3 Å². The summed E-state index contributed by atoms with van der Waals surface area (Å²) in [5.41, 5.74) is 2.71. The number of urea groups is 1. The van der Waals surface area contributed by atoms with Crippen molar-refractivity contribution in [2.24, 2.45) is 0 Å². The Balaban J connectivity index is 0.896. The van der Waals surface area contributed by atoms with Gasteiger partial charge in [0.2, 0.25) is 34.8 Å². The van der Waals surface area contributed by atoms with Crippen molar-refractivity contribution in [2.45, 2.75) is 146 Å². The van der Waals surface area contributed by atoms with Crippen molar-refractivity contribution in [2.75, 3.05) is 69.3 Å². The van der Waals surface area contributed by atoms with Crippen LogP contribution in [0.1, 0.15) is 122 Å².